The molecule has 0 atom stereocenters. The molecule has 160 valence electrons. The predicted molar refractivity (Wildman–Crippen MR) is 126 cm³/mol. The van der Waals surface area contributed by atoms with Gasteiger partial charge < -0.3 is 14.3 Å². The Morgan fingerprint density at radius 2 is 1.62 bits per heavy atom. The minimum atomic E-state index is -0.509. The Bertz CT molecular complexity index is 1300. The molecule has 0 amide bonds. The van der Waals surface area contributed by atoms with E-state index in [1.165, 1.54) is 11.8 Å². The van der Waals surface area contributed by atoms with Crippen LogP contribution in [-0.4, -0.2) is 5.11 Å². The van der Waals surface area contributed by atoms with Gasteiger partial charge >= 0.3 is 5.63 Å². The molecule has 0 spiro atoms. The highest BCUT2D eigenvalue weighted by Crippen LogP contribution is 2.42. The second-order valence-corrected chi connectivity index (χ2v) is 8.73. The number of fused-ring (bicyclic) bond motifs is 3. The molecule has 0 aliphatic heterocycles. The number of ether oxygens (including phenoxy) is 1. The van der Waals surface area contributed by atoms with E-state index in [0.29, 0.717) is 35.9 Å². The first-order chi connectivity index (χ1) is 15.7. The second-order valence-electron chi connectivity index (χ2n) is 7.74. The molecule has 0 saturated carbocycles. The number of rotatable bonds is 6. The van der Waals surface area contributed by atoms with Crippen LogP contribution in [0.25, 0.3) is 11.3 Å². The maximum absolute atomic E-state index is 12.8. The summed E-state index contributed by atoms with van der Waals surface area (Å²) in [6, 6.07) is 25.7. The van der Waals surface area contributed by atoms with E-state index in [9.17, 15) is 9.90 Å². The Kier molecular flexibility index (Phi) is 5.73. The minimum absolute atomic E-state index is 0.0402. The predicted octanol–water partition coefficient (Wildman–Crippen LogP) is 5.98. The molecule has 5 heteroatoms. The van der Waals surface area contributed by atoms with E-state index in [1.54, 1.807) is 0 Å². The van der Waals surface area contributed by atoms with Crippen molar-refractivity contribution < 1.29 is 14.3 Å². The van der Waals surface area contributed by atoms with Crippen molar-refractivity contribution in [2.45, 2.75) is 30.1 Å². The van der Waals surface area contributed by atoms with Crippen LogP contribution in [-0.2, 0) is 25.2 Å². The van der Waals surface area contributed by atoms with E-state index in [0.717, 1.165) is 28.7 Å². The fourth-order valence-corrected chi connectivity index (χ4v) is 4.85. The molecule has 32 heavy (non-hydrogen) atoms. The summed E-state index contributed by atoms with van der Waals surface area (Å²) in [7, 11) is 0. The van der Waals surface area contributed by atoms with E-state index < -0.39 is 5.63 Å². The number of thioether (sulfide) groups is 1. The van der Waals surface area contributed by atoms with Crippen molar-refractivity contribution in [1.29, 1.82) is 0 Å². The lowest BCUT2D eigenvalue weighted by molar-refractivity contribution is 0.306. The third-order valence-electron chi connectivity index (χ3n) is 5.60. The molecule has 1 aliphatic carbocycles. The summed E-state index contributed by atoms with van der Waals surface area (Å²) in [6.07, 6.45) is 1.40. The van der Waals surface area contributed by atoms with Crippen LogP contribution in [0.3, 0.4) is 0 Å². The van der Waals surface area contributed by atoms with Crippen molar-refractivity contribution in [2.24, 2.45) is 0 Å². The van der Waals surface area contributed by atoms with Gasteiger partial charge in [0, 0.05) is 16.9 Å². The van der Waals surface area contributed by atoms with Gasteiger partial charge in [-0.05, 0) is 41.7 Å². The topological polar surface area (TPSA) is 59.7 Å². The van der Waals surface area contributed by atoms with Crippen molar-refractivity contribution in [2.75, 3.05) is 0 Å². The van der Waals surface area contributed by atoms with E-state index in [-0.39, 0.29) is 10.6 Å². The highest BCUT2D eigenvalue weighted by molar-refractivity contribution is 7.98. The van der Waals surface area contributed by atoms with Crippen LogP contribution >= 0.6 is 11.8 Å². The molecule has 1 aliphatic rings. The number of benzene rings is 3. The summed E-state index contributed by atoms with van der Waals surface area (Å²) in [5.74, 6) is 1.78. The first-order valence-corrected chi connectivity index (χ1v) is 11.5. The largest absolute Gasteiger partial charge is 0.506 e. The minimum Gasteiger partial charge on any atom is -0.506 e. The first kappa shape index (κ1) is 20.5. The quantitative estimate of drug-likeness (QED) is 0.372. The Labute approximate surface area is 190 Å². The lowest BCUT2D eigenvalue weighted by atomic mass is 9.89. The van der Waals surface area contributed by atoms with Gasteiger partial charge in [-0.2, -0.15) is 0 Å². The van der Waals surface area contributed by atoms with Gasteiger partial charge in [0.05, 0.1) is 0 Å². The van der Waals surface area contributed by atoms with Crippen LogP contribution in [0.5, 0.6) is 11.5 Å². The first-order valence-electron chi connectivity index (χ1n) is 10.5. The van der Waals surface area contributed by atoms with Crippen LogP contribution in [0.15, 0.2) is 93.0 Å². The fourth-order valence-electron chi connectivity index (χ4n) is 3.92. The zero-order chi connectivity index (χ0) is 21.9. The molecule has 0 unspecified atom stereocenters. The maximum atomic E-state index is 12.8. The molecular weight excluding hydrogens is 420 g/mol. The highest BCUT2D eigenvalue weighted by atomic mass is 32.2. The summed E-state index contributed by atoms with van der Waals surface area (Å²) in [5, 5.41) is 10.9. The maximum Gasteiger partial charge on any atom is 0.353 e. The Balaban J connectivity index is 1.43. The molecule has 0 saturated heterocycles. The zero-order valence-electron chi connectivity index (χ0n) is 17.4. The summed E-state index contributed by atoms with van der Waals surface area (Å²) >= 11 is 1.31. The third kappa shape index (κ3) is 4.16. The van der Waals surface area contributed by atoms with Crippen LogP contribution in [0, 0.1) is 0 Å². The second kappa shape index (κ2) is 8.97. The Hall–Kier alpha value is -3.44. The molecule has 1 heterocycles. The summed E-state index contributed by atoms with van der Waals surface area (Å²) < 4.78 is 11.7. The molecule has 1 N–H and O–H groups in total. The van der Waals surface area contributed by atoms with Gasteiger partial charge in [-0.1, -0.05) is 66.7 Å². The van der Waals surface area contributed by atoms with E-state index in [2.05, 4.69) is 0 Å². The number of aryl methyl sites for hydroxylation is 1. The molecule has 3 aromatic carbocycles. The van der Waals surface area contributed by atoms with Gasteiger partial charge in [0.2, 0.25) is 0 Å². The number of hydrogen-bond acceptors (Lipinski definition) is 5. The fraction of sp³-hybridized carbons (Fsp3) is 0.148. The SMILES string of the molecule is O=c1oc2c(c(O)c1SCc1ccccc1)CCc1ccc(OCc3ccccc3)cc1-2. The van der Waals surface area contributed by atoms with Crippen molar-refractivity contribution in [3.8, 4) is 22.8 Å². The normalized spacial score (nSPS) is 12.1. The molecule has 0 bridgehead atoms. The summed E-state index contributed by atoms with van der Waals surface area (Å²) in [5.41, 5.74) is 4.23. The van der Waals surface area contributed by atoms with Gasteiger partial charge in [0.25, 0.3) is 0 Å². The van der Waals surface area contributed by atoms with E-state index in [4.69, 9.17) is 9.15 Å². The van der Waals surface area contributed by atoms with Crippen LogP contribution in [0.2, 0.25) is 0 Å². The summed E-state index contributed by atoms with van der Waals surface area (Å²) in [6.45, 7) is 0.455. The lowest BCUT2D eigenvalue weighted by Gasteiger charge is -2.21. The van der Waals surface area contributed by atoms with Gasteiger partial charge in [0.1, 0.15) is 28.8 Å². The van der Waals surface area contributed by atoms with Gasteiger partial charge in [-0.15, -0.1) is 11.8 Å². The Morgan fingerprint density at radius 1 is 0.906 bits per heavy atom. The molecule has 1 aromatic heterocycles. The number of aromatic hydroxyl groups is 1. The lowest BCUT2D eigenvalue weighted by Crippen LogP contribution is -2.12. The molecule has 0 fully saturated rings. The van der Waals surface area contributed by atoms with Gasteiger partial charge in [0.15, 0.2) is 0 Å². The van der Waals surface area contributed by atoms with Gasteiger partial charge in [-0.25, -0.2) is 4.79 Å². The van der Waals surface area contributed by atoms with E-state index >= 15 is 0 Å². The van der Waals surface area contributed by atoms with Crippen molar-refractivity contribution >= 4 is 11.8 Å². The van der Waals surface area contributed by atoms with Crippen LogP contribution in [0.4, 0.5) is 0 Å². The average Bonchev–Trinajstić information content (AvgIpc) is 2.84. The zero-order valence-corrected chi connectivity index (χ0v) is 18.2. The molecular formula is C27H22O4S. The van der Waals surface area contributed by atoms with Crippen molar-refractivity contribution in [3.63, 3.8) is 0 Å². The van der Waals surface area contributed by atoms with Crippen molar-refractivity contribution in [3.05, 3.63) is 112 Å². The summed E-state index contributed by atoms with van der Waals surface area (Å²) in [4.78, 5) is 13.0. The average molecular weight is 443 g/mol. The molecule has 5 rings (SSSR count). The smallest absolute Gasteiger partial charge is 0.353 e. The van der Waals surface area contributed by atoms with E-state index in [1.807, 2.05) is 78.9 Å². The number of hydrogen-bond donors (Lipinski definition) is 1. The van der Waals surface area contributed by atoms with Crippen LogP contribution < -0.4 is 10.4 Å². The van der Waals surface area contributed by atoms with Gasteiger partial charge in [-0.3, -0.25) is 0 Å². The third-order valence-corrected chi connectivity index (χ3v) is 6.73. The van der Waals surface area contributed by atoms with Crippen molar-refractivity contribution in [1.82, 2.24) is 0 Å². The Morgan fingerprint density at radius 3 is 2.38 bits per heavy atom. The molecule has 0 radical (unpaired) electrons. The highest BCUT2D eigenvalue weighted by Gasteiger charge is 2.26. The molecule has 4 nitrogen and oxygen atoms in total. The standard InChI is InChI=1S/C27H22O4S/c28-24-22-14-12-20-11-13-21(30-16-18-7-3-1-4-8-18)15-23(20)25(22)31-27(29)26(24)32-17-19-9-5-2-6-10-19/h1-11,13,15,28H,12,14,16-17H2. The molecule has 4 aromatic rings. The van der Waals surface area contributed by atoms with Crippen LogP contribution in [0.1, 0.15) is 22.3 Å². The monoisotopic (exact) mass is 442 g/mol.